The van der Waals surface area contributed by atoms with Crippen LogP contribution in [0.2, 0.25) is 23.3 Å². The van der Waals surface area contributed by atoms with Crippen molar-refractivity contribution in [3.63, 3.8) is 0 Å². The largest absolute Gasteiger partial charge is 0.447 e. The highest BCUT2D eigenvalue weighted by Crippen LogP contribution is 2.54. The van der Waals surface area contributed by atoms with E-state index in [-0.39, 0.29) is 18.4 Å². The number of nitrogens with zero attached hydrogens (tertiary/aromatic N) is 2. The molecular formula is C29H36ClN3O5Si. The molecular weight excluding hydrogens is 534 g/mol. The Morgan fingerprint density at radius 2 is 1.87 bits per heavy atom. The van der Waals surface area contributed by atoms with Gasteiger partial charge in [0.15, 0.2) is 8.32 Å². The maximum absolute atomic E-state index is 14.7. The SMILES string of the molecule is CC[Si](CC)(CC)O[C@@]12CC[C@@H](C(=O)N1)[C@@H](c1ccc(Cl)nc1)[C@@H]2C(=O)N1C(=O)OC[C@H]1Cc1ccccc1. The molecule has 1 saturated carbocycles. The van der Waals surface area contributed by atoms with Gasteiger partial charge in [-0.15, -0.1) is 0 Å². The van der Waals surface area contributed by atoms with Crippen molar-refractivity contribution in [3.8, 4) is 0 Å². The summed E-state index contributed by atoms with van der Waals surface area (Å²) in [4.78, 5) is 46.8. The van der Waals surface area contributed by atoms with Gasteiger partial charge >= 0.3 is 6.09 Å². The number of aromatic nitrogens is 1. The van der Waals surface area contributed by atoms with Crippen LogP contribution >= 0.6 is 11.6 Å². The Balaban J connectivity index is 1.60. The van der Waals surface area contributed by atoms with E-state index in [1.807, 2.05) is 36.4 Å². The van der Waals surface area contributed by atoms with E-state index in [2.05, 4.69) is 31.1 Å². The molecule has 3 aliphatic heterocycles. The lowest BCUT2D eigenvalue weighted by Gasteiger charge is -2.57. The third kappa shape index (κ3) is 5.00. The van der Waals surface area contributed by atoms with E-state index < -0.39 is 43.9 Å². The molecule has 8 nitrogen and oxygen atoms in total. The topological polar surface area (TPSA) is 97.8 Å². The average Bonchev–Trinajstić information content (AvgIpc) is 3.31. The molecule has 1 aliphatic carbocycles. The maximum Gasteiger partial charge on any atom is 0.416 e. The first-order chi connectivity index (χ1) is 18.8. The number of ether oxygens (including phenoxy) is 1. The molecule has 10 heteroatoms. The number of rotatable bonds is 9. The molecule has 2 bridgehead atoms. The molecule has 4 fully saturated rings. The third-order valence-electron chi connectivity index (χ3n) is 9.04. The number of hydrogen-bond donors (Lipinski definition) is 1. The molecule has 4 aliphatic rings. The zero-order chi connectivity index (χ0) is 27.8. The molecule has 4 heterocycles. The second-order valence-electron chi connectivity index (χ2n) is 10.9. The molecule has 1 aromatic carbocycles. The molecule has 0 unspecified atom stereocenters. The fourth-order valence-corrected chi connectivity index (χ4v) is 9.83. The van der Waals surface area contributed by atoms with Crippen molar-refractivity contribution in [2.75, 3.05) is 6.61 Å². The van der Waals surface area contributed by atoms with Gasteiger partial charge in [0, 0.05) is 18.0 Å². The number of nitrogens with one attached hydrogen (secondary N) is 1. The summed E-state index contributed by atoms with van der Waals surface area (Å²) >= 11 is 6.10. The number of fused-ring (bicyclic) bond motifs is 3. The fourth-order valence-electron chi connectivity index (χ4n) is 6.73. The van der Waals surface area contributed by atoms with Crippen molar-refractivity contribution < 1.29 is 23.5 Å². The third-order valence-corrected chi connectivity index (χ3v) is 13.9. The summed E-state index contributed by atoms with van der Waals surface area (Å²) in [6.45, 7) is 6.49. The molecule has 1 N–H and O–H groups in total. The van der Waals surface area contributed by atoms with Crippen LogP contribution in [0.15, 0.2) is 48.7 Å². The predicted octanol–water partition coefficient (Wildman–Crippen LogP) is 5.28. The molecule has 6 rings (SSSR count). The van der Waals surface area contributed by atoms with Gasteiger partial charge < -0.3 is 14.5 Å². The van der Waals surface area contributed by atoms with E-state index in [1.165, 1.54) is 4.90 Å². The monoisotopic (exact) mass is 569 g/mol. The summed E-state index contributed by atoms with van der Waals surface area (Å²) in [5.74, 6) is -2.25. The van der Waals surface area contributed by atoms with Crippen LogP contribution in [-0.2, 0) is 25.2 Å². The van der Waals surface area contributed by atoms with E-state index in [4.69, 9.17) is 20.8 Å². The van der Waals surface area contributed by atoms with Crippen molar-refractivity contribution in [2.45, 2.75) is 75.9 Å². The van der Waals surface area contributed by atoms with Crippen LogP contribution in [0.25, 0.3) is 0 Å². The van der Waals surface area contributed by atoms with Crippen LogP contribution in [0.5, 0.6) is 0 Å². The number of amides is 3. The Hall–Kier alpha value is -2.75. The van der Waals surface area contributed by atoms with Crippen LogP contribution in [-0.4, -0.2) is 54.5 Å². The molecule has 39 heavy (non-hydrogen) atoms. The standard InChI is InChI=1S/C29H36ClN3O5Si/c1-4-39(5-2,6-3)38-29-15-14-22(26(34)32-29)24(20-12-13-23(30)31-17-20)25(29)27(35)33-21(18-37-28(33)36)16-19-10-8-7-9-11-19/h7-13,17,21-22,24-25H,4-6,14-16,18H2,1-3H3,(H,32,34)/t21-,22-,24-,25-,29-/m1/s1. The average molecular weight is 570 g/mol. The number of carbonyl (C=O) groups is 3. The Morgan fingerprint density at radius 3 is 2.49 bits per heavy atom. The molecule has 208 valence electrons. The summed E-state index contributed by atoms with van der Waals surface area (Å²) in [7, 11) is -2.30. The molecule has 1 aromatic heterocycles. The summed E-state index contributed by atoms with van der Waals surface area (Å²) in [5.41, 5.74) is 0.548. The number of carbonyl (C=O) groups excluding carboxylic acids is 3. The molecule has 3 amide bonds. The summed E-state index contributed by atoms with van der Waals surface area (Å²) in [6.07, 6.45) is 2.57. The Kier molecular flexibility index (Phi) is 7.86. The zero-order valence-corrected chi connectivity index (χ0v) is 24.4. The van der Waals surface area contributed by atoms with Gasteiger partial charge in [-0.2, -0.15) is 0 Å². The normalized spacial score (nSPS) is 28.4. The lowest BCUT2D eigenvalue weighted by atomic mass is 9.61. The Labute approximate surface area is 235 Å². The van der Waals surface area contributed by atoms with Gasteiger partial charge in [0.25, 0.3) is 0 Å². The van der Waals surface area contributed by atoms with Crippen molar-refractivity contribution >= 4 is 37.8 Å². The predicted molar refractivity (Wildman–Crippen MR) is 149 cm³/mol. The van der Waals surface area contributed by atoms with E-state index >= 15 is 0 Å². The first-order valence-electron chi connectivity index (χ1n) is 13.9. The van der Waals surface area contributed by atoms with Crippen molar-refractivity contribution in [2.24, 2.45) is 11.8 Å². The second-order valence-corrected chi connectivity index (χ2v) is 16.0. The zero-order valence-electron chi connectivity index (χ0n) is 22.7. The van der Waals surface area contributed by atoms with E-state index in [1.54, 1.807) is 12.3 Å². The smallest absolute Gasteiger partial charge is 0.416 e. The van der Waals surface area contributed by atoms with Crippen LogP contribution in [0, 0.1) is 11.8 Å². The molecule has 3 saturated heterocycles. The minimum Gasteiger partial charge on any atom is -0.447 e. The highest BCUT2D eigenvalue weighted by molar-refractivity contribution is 6.73. The van der Waals surface area contributed by atoms with Crippen molar-refractivity contribution in [1.29, 1.82) is 0 Å². The Morgan fingerprint density at radius 1 is 1.15 bits per heavy atom. The summed E-state index contributed by atoms with van der Waals surface area (Å²) in [5, 5.41) is 3.49. The second kappa shape index (κ2) is 11.0. The first kappa shape index (κ1) is 27.8. The van der Waals surface area contributed by atoms with E-state index in [0.717, 1.165) is 29.3 Å². The lowest BCUT2D eigenvalue weighted by molar-refractivity contribution is -0.174. The highest BCUT2D eigenvalue weighted by atomic mass is 35.5. The van der Waals surface area contributed by atoms with Gasteiger partial charge in [-0.1, -0.05) is 68.8 Å². The summed E-state index contributed by atoms with van der Waals surface area (Å²) < 4.78 is 12.5. The van der Waals surface area contributed by atoms with Gasteiger partial charge in [-0.3, -0.25) is 9.59 Å². The number of imide groups is 1. The minimum absolute atomic E-state index is 0.124. The number of hydrogen-bond acceptors (Lipinski definition) is 6. The van der Waals surface area contributed by atoms with Crippen LogP contribution in [0.3, 0.4) is 0 Å². The van der Waals surface area contributed by atoms with E-state index in [0.29, 0.717) is 24.4 Å². The number of pyridine rings is 1. The van der Waals surface area contributed by atoms with Gasteiger partial charge in [-0.05, 0) is 54.6 Å². The van der Waals surface area contributed by atoms with Gasteiger partial charge in [-0.25, -0.2) is 14.7 Å². The molecule has 0 radical (unpaired) electrons. The quantitative estimate of drug-likeness (QED) is 0.326. The summed E-state index contributed by atoms with van der Waals surface area (Å²) in [6, 6.07) is 15.4. The van der Waals surface area contributed by atoms with Crippen LogP contribution in [0.4, 0.5) is 4.79 Å². The fraction of sp³-hybridized carbons (Fsp3) is 0.517. The number of halogens is 1. The molecule has 5 atom stereocenters. The molecule has 0 spiro atoms. The van der Waals surface area contributed by atoms with E-state index in [9.17, 15) is 14.4 Å². The van der Waals surface area contributed by atoms with Crippen molar-refractivity contribution in [1.82, 2.24) is 15.2 Å². The van der Waals surface area contributed by atoms with Crippen LogP contribution < -0.4 is 5.32 Å². The molecule has 2 aromatic rings. The lowest BCUT2D eigenvalue weighted by Crippen LogP contribution is -2.73. The van der Waals surface area contributed by atoms with Crippen molar-refractivity contribution in [3.05, 3.63) is 64.9 Å². The van der Waals surface area contributed by atoms with Gasteiger partial charge in [0.05, 0.1) is 12.0 Å². The maximum atomic E-state index is 14.7. The first-order valence-corrected chi connectivity index (χ1v) is 16.8. The van der Waals surface area contributed by atoms with Crippen LogP contribution in [0.1, 0.15) is 50.7 Å². The number of piperidine rings is 2. The highest BCUT2D eigenvalue weighted by Gasteiger charge is 2.64. The van der Waals surface area contributed by atoms with Gasteiger partial charge in [0.1, 0.15) is 17.5 Å². The Bertz CT molecular complexity index is 1220. The van der Waals surface area contributed by atoms with Gasteiger partial charge in [0.2, 0.25) is 11.8 Å². The number of benzene rings is 1. The number of cyclic esters (lactones) is 1. The minimum atomic E-state index is -2.30.